The summed E-state index contributed by atoms with van der Waals surface area (Å²) in [5.41, 5.74) is 3.07. The molecule has 124 valence electrons. The normalized spacial score (nSPS) is 20.2. The van der Waals surface area contributed by atoms with Gasteiger partial charge in [0.25, 0.3) is 5.91 Å². The minimum absolute atomic E-state index is 0.126. The van der Waals surface area contributed by atoms with Gasteiger partial charge in [-0.05, 0) is 43.2 Å². The highest BCUT2D eigenvalue weighted by molar-refractivity contribution is 7.12. The predicted molar refractivity (Wildman–Crippen MR) is 95.8 cm³/mol. The standard InChI is InChI=1S/C20H21NO2S/c22-18-10-4-9-16-17(13-24-19(16)18)20(23)21-11-5-8-15(21)12-14-6-2-1-3-7-14/h1-3,6-7,13,15H,4-5,8-12H2. The summed E-state index contributed by atoms with van der Waals surface area (Å²) in [6.45, 7) is 0.828. The van der Waals surface area contributed by atoms with Crippen LogP contribution >= 0.6 is 11.3 Å². The van der Waals surface area contributed by atoms with Crippen LogP contribution in [0.1, 0.15) is 56.8 Å². The summed E-state index contributed by atoms with van der Waals surface area (Å²) < 4.78 is 0. The van der Waals surface area contributed by atoms with E-state index in [9.17, 15) is 9.59 Å². The van der Waals surface area contributed by atoms with E-state index in [-0.39, 0.29) is 17.7 Å². The van der Waals surface area contributed by atoms with Crippen LogP contribution < -0.4 is 0 Å². The Kier molecular flexibility index (Phi) is 4.23. The van der Waals surface area contributed by atoms with Crippen LogP contribution in [-0.4, -0.2) is 29.2 Å². The van der Waals surface area contributed by atoms with Crippen LogP contribution in [0.25, 0.3) is 0 Å². The van der Waals surface area contributed by atoms with Gasteiger partial charge < -0.3 is 4.90 Å². The van der Waals surface area contributed by atoms with E-state index in [2.05, 4.69) is 24.3 Å². The van der Waals surface area contributed by atoms with Gasteiger partial charge in [0.15, 0.2) is 5.78 Å². The lowest BCUT2D eigenvalue weighted by molar-refractivity contribution is 0.0736. The number of ketones is 1. The Bertz CT molecular complexity index is 765. The number of fused-ring (bicyclic) bond motifs is 1. The number of hydrogen-bond acceptors (Lipinski definition) is 3. The molecule has 1 unspecified atom stereocenters. The predicted octanol–water partition coefficient (Wildman–Crippen LogP) is 4.11. The number of likely N-dealkylation sites (tertiary alicyclic amines) is 1. The summed E-state index contributed by atoms with van der Waals surface area (Å²) in [4.78, 5) is 28.0. The zero-order chi connectivity index (χ0) is 16.5. The fourth-order valence-electron chi connectivity index (χ4n) is 3.94. The van der Waals surface area contributed by atoms with Gasteiger partial charge in [-0.25, -0.2) is 0 Å². The van der Waals surface area contributed by atoms with Gasteiger partial charge in [0, 0.05) is 24.4 Å². The van der Waals surface area contributed by atoms with E-state index in [1.54, 1.807) is 0 Å². The first-order valence-corrected chi connectivity index (χ1v) is 9.60. The van der Waals surface area contributed by atoms with Crippen molar-refractivity contribution in [1.82, 2.24) is 4.90 Å². The number of nitrogens with zero attached hydrogens (tertiary/aromatic N) is 1. The number of hydrogen-bond donors (Lipinski definition) is 0. The molecule has 1 aliphatic heterocycles. The highest BCUT2D eigenvalue weighted by Crippen LogP contribution is 2.33. The Morgan fingerprint density at radius 2 is 2.00 bits per heavy atom. The molecule has 24 heavy (non-hydrogen) atoms. The summed E-state index contributed by atoms with van der Waals surface area (Å²) in [5.74, 6) is 0.336. The lowest BCUT2D eigenvalue weighted by atomic mass is 9.94. The molecule has 0 spiro atoms. The lowest BCUT2D eigenvalue weighted by Crippen LogP contribution is -2.37. The van der Waals surface area contributed by atoms with E-state index < -0.39 is 0 Å². The van der Waals surface area contributed by atoms with Crippen LogP contribution in [0.2, 0.25) is 0 Å². The van der Waals surface area contributed by atoms with Crippen molar-refractivity contribution in [3.05, 3.63) is 57.3 Å². The van der Waals surface area contributed by atoms with Gasteiger partial charge in [-0.1, -0.05) is 30.3 Å². The van der Waals surface area contributed by atoms with E-state index >= 15 is 0 Å². The van der Waals surface area contributed by atoms with Gasteiger partial charge >= 0.3 is 0 Å². The van der Waals surface area contributed by atoms with Crippen molar-refractivity contribution in [2.24, 2.45) is 0 Å². The van der Waals surface area contributed by atoms with Crippen molar-refractivity contribution < 1.29 is 9.59 Å². The van der Waals surface area contributed by atoms with Gasteiger partial charge in [-0.3, -0.25) is 9.59 Å². The molecule has 1 amide bonds. The van der Waals surface area contributed by atoms with E-state index in [4.69, 9.17) is 0 Å². The van der Waals surface area contributed by atoms with Crippen molar-refractivity contribution in [1.29, 1.82) is 0 Å². The van der Waals surface area contributed by atoms with Gasteiger partial charge in [-0.2, -0.15) is 0 Å². The molecule has 1 aromatic heterocycles. The van der Waals surface area contributed by atoms with Crippen LogP contribution in [0, 0.1) is 0 Å². The highest BCUT2D eigenvalue weighted by Gasteiger charge is 2.33. The fraction of sp³-hybridized carbons (Fsp3) is 0.400. The second-order valence-corrected chi connectivity index (χ2v) is 7.60. The Labute approximate surface area is 146 Å². The van der Waals surface area contributed by atoms with Crippen molar-refractivity contribution in [2.75, 3.05) is 6.54 Å². The van der Waals surface area contributed by atoms with Gasteiger partial charge in [0.05, 0.1) is 10.4 Å². The molecule has 2 heterocycles. The Morgan fingerprint density at radius 3 is 2.83 bits per heavy atom. The Balaban J connectivity index is 1.56. The maximum Gasteiger partial charge on any atom is 0.255 e. The topological polar surface area (TPSA) is 37.4 Å². The minimum atomic E-state index is 0.126. The maximum absolute atomic E-state index is 13.1. The van der Waals surface area contributed by atoms with Gasteiger partial charge in [-0.15, -0.1) is 11.3 Å². The van der Waals surface area contributed by atoms with Crippen molar-refractivity contribution in [2.45, 2.75) is 44.6 Å². The average Bonchev–Trinajstić information content (AvgIpc) is 3.23. The Morgan fingerprint density at radius 1 is 1.17 bits per heavy atom. The molecule has 4 rings (SSSR count). The average molecular weight is 339 g/mol. The molecule has 2 aliphatic rings. The molecule has 3 nitrogen and oxygen atoms in total. The maximum atomic E-state index is 13.1. The summed E-state index contributed by atoms with van der Waals surface area (Å²) in [5, 5.41) is 1.91. The Hall–Kier alpha value is -1.94. The molecular weight excluding hydrogens is 318 g/mol. The number of benzene rings is 1. The second kappa shape index (κ2) is 6.52. The van der Waals surface area contributed by atoms with E-state index in [0.717, 1.165) is 54.7 Å². The summed E-state index contributed by atoms with van der Waals surface area (Å²) in [6, 6.07) is 10.7. The number of Topliss-reactive ketones (excluding diaryl/α,β-unsaturated/α-hetero) is 1. The molecule has 4 heteroatoms. The fourth-order valence-corrected chi connectivity index (χ4v) is 5.01. The third-order valence-electron chi connectivity index (χ3n) is 5.16. The van der Waals surface area contributed by atoms with Crippen LogP contribution in [0.4, 0.5) is 0 Å². The first-order valence-electron chi connectivity index (χ1n) is 8.72. The molecule has 1 aromatic carbocycles. The van der Waals surface area contributed by atoms with E-state index in [1.165, 1.54) is 16.9 Å². The molecule has 1 fully saturated rings. The largest absolute Gasteiger partial charge is 0.335 e. The monoisotopic (exact) mass is 339 g/mol. The lowest BCUT2D eigenvalue weighted by Gasteiger charge is -2.25. The van der Waals surface area contributed by atoms with Crippen LogP contribution in [0.3, 0.4) is 0 Å². The second-order valence-electron chi connectivity index (χ2n) is 6.72. The first-order chi connectivity index (χ1) is 11.7. The zero-order valence-electron chi connectivity index (χ0n) is 13.7. The van der Waals surface area contributed by atoms with Crippen LogP contribution in [0.15, 0.2) is 35.7 Å². The third kappa shape index (κ3) is 2.80. The number of amides is 1. The number of carbonyl (C=O) groups is 2. The third-order valence-corrected chi connectivity index (χ3v) is 6.22. The van der Waals surface area contributed by atoms with E-state index in [1.807, 2.05) is 16.3 Å². The smallest absolute Gasteiger partial charge is 0.255 e. The van der Waals surface area contributed by atoms with Crippen LogP contribution in [0.5, 0.6) is 0 Å². The highest BCUT2D eigenvalue weighted by atomic mass is 32.1. The molecule has 0 bridgehead atoms. The first kappa shape index (κ1) is 15.6. The van der Waals surface area contributed by atoms with Crippen molar-refractivity contribution in [3.63, 3.8) is 0 Å². The molecule has 1 aliphatic carbocycles. The molecule has 0 radical (unpaired) electrons. The minimum Gasteiger partial charge on any atom is -0.335 e. The van der Waals surface area contributed by atoms with Gasteiger partial charge in [0.1, 0.15) is 0 Å². The zero-order valence-corrected chi connectivity index (χ0v) is 14.5. The molecule has 1 atom stereocenters. The number of rotatable bonds is 3. The quantitative estimate of drug-likeness (QED) is 0.844. The molecule has 2 aromatic rings. The van der Waals surface area contributed by atoms with Crippen molar-refractivity contribution in [3.8, 4) is 0 Å². The SMILES string of the molecule is O=C1CCCc2c(C(=O)N3CCCC3Cc3ccccc3)csc21. The van der Waals surface area contributed by atoms with Gasteiger partial charge in [0.2, 0.25) is 0 Å². The summed E-state index contributed by atoms with van der Waals surface area (Å²) in [6.07, 6.45) is 5.40. The molecule has 1 saturated heterocycles. The number of carbonyl (C=O) groups excluding carboxylic acids is 2. The summed E-state index contributed by atoms with van der Waals surface area (Å²) in [7, 11) is 0. The van der Waals surface area contributed by atoms with E-state index in [0.29, 0.717) is 6.42 Å². The molecule has 0 saturated carbocycles. The molecular formula is C20H21NO2S. The van der Waals surface area contributed by atoms with Crippen molar-refractivity contribution >= 4 is 23.0 Å². The van der Waals surface area contributed by atoms with Crippen LogP contribution in [-0.2, 0) is 12.8 Å². The molecule has 0 N–H and O–H groups in total. The number of thiophene rings is 1. The summed E-state index contributed by atoms with van der Waals surface area (Å²) >= 11 is 1.46.